The molecule has 28 heavy (non-hydrogen) atoms. The fourth-order valence-electron chi connectivity index (χ4n) is 2.10. The fourth-order valence-corrected chi connectivity index (χ4v) is 2.10. The van der Waals surface area contributed by atoms with E-state index in [0.29, 0.717) is 23.1 Å². The second-order valence-electron chi connectivity index (χ2n) is 5.47. The summed E-state index contributed by atoms with van der Waals surface area (Å²) in [5.41, 5.74) is 0.952. The first kappa shape index (κ1) is 20.4. The van der Waals surface area contributed by atoms with Crippen molar-refractivity contribution in [3.63, 3.8) is 0 Å². The van der Waals surface area contributed by atoms with Crippen LogP contribution in [0, 0.1) is 0 Å². The second kappa shape index (κ2) is 9.67. The molecule has 8 nitrogen and oxygen atoms in total. The molecule has 2 rings (SSSR count). The standard InChI is InChI=1S/C20H17NO7/c1-27-16-8-4-13(5-9-16)17(22)12-28-20(26)14-2-6-15(7-3-14)21-18(23)10-11-19(24)25/h2-11H,12H2,1H3,(H,21,23)(H,24,25)/b11-10+. The lowest BCUT2D eigenvalue weighted by Crippen LogP contribution is -2.14. The number of carboxylic acid groups (broad SMARTS) is 1. The van der Waals surface area contributed by atoms with Gasteiger partial charge in [0.25, 0.3) is 0 Å². The van der Waals surface area contributed by atoms with Crippen LogP contribution in [0.5, 0.6) is 5.75 Å². The Morgan fingerprint density at radius 1 is 0.929 bits per heavy atom. The van der Waals surface area contributed by atoms with Crippen molar-refractivity contribution in [2.45, 2.75) is 0 Å². The Kier molecular flexibility index (Phi) is 7.04. The van der Waals surface area contributed by atoms with E-state index in [0.717, 1.165) is 6.08 Å². The molecule has 0 fully saturated rings. The Balaban J connectivity index is 1.89. The number of rotatable bonds is 8. The number of ether oxygens (including phenoxy) is 2. The number of methoxy groups -OCH3 is 1. The quantitative estimate of drug-likeness (QED) is 0.408. The van der Waals surface area contributed by atoms with Crippen molar-refractivity contribution >= 4 is 29.3 Å². The van der Waals surface area contributed by atoms with E-state index in [9.17, 15) is 19.2 Å². The highest BCUT2D eigenvalue weighted by Gasteiger charge is 2.12. The Morgan fingerprint density at radius 2 is 1.54 bits per heavy atom. The van der Waals surface area contributed by atoms with Crippen LogP contribution < -0.4 is 10.1 Å². The molecule has 8 heteroatoms. The van der Waals surface area contributed by atoms with Crippen molar-refractivity contribution in [3.05, 3.63) is 71.8 Å². The lowest BCUT2D eigenvalue weighted by atomic mass is 10.1. The first-order valence-corrected chi connectivity index (χ1v) is 8.05. The van der Waals surface area contributed by atoms with E-state index < -0.39 is 24.5 Å². The van der Waals surface area contributed by atoms with Gasteiger partial charge in [-0.25, -0.2) is 9.59 Å². The minimum Gasteiger partial charge on any atom is -0.497 e. The molecule has 0 radical (unpaired) electrons. The summed E-state index contributed by atoms with van der Waals surface area (Å²) in [6.45, 7) is -0.413. The molecule has 2 N–H and O–H groups in total. The third-order valence-corrected chi connectivity index (χ3v) is 3.51. The fraction of sp³-hybridized carbons (Fsp3) is 0.100. The molecule has 2 aromatic carbocycles. The zero-order valence-corrected chi connectivity index (χ0v) is 14.9. The average Bonchev–Trinajstić information content (AvgIpc) is 2.70. The maximum Gasteiger partial charge on any atom is 0.338 e. The summed E-state index contributed by atoms with van der Waals surface area (Å²) < 4.78 is 10.0. The van der Waals surface area contributed by atoms with Gasteiger partial charge in [-0.2, -0.15) is 0 Å². The van der Waals surface area contributed by atoms with Gasteiger partial charge in [0.05, 0.1) is 12.7 Å². The summed E-state index contributed by atoms with van der Waals surface area (Å²) in [6.07, 6.45) is 1.58. The molecule has 0 heterocycles. The summed E-state index contributed by atoms with van der Waals surface area (Å²) in [4.78, 5) is 45.9. The molecule has 0 saturated heterocycles. The number of aliphatic carboxylic acids is 1. The summed E-state index contributed by atoms with van der Waals surface area (Å²) in [7, 11) is 1.52. The van der Waals surface area contributed by atoms with Crippen LogP contribution in [0.1, 0.15) is 20.7 Å². The predicted octanol–water partition coefficient (Wildman–Crippen LogP) is 2.31. The van der Waals surface area contributed by atoms with Gasteiger partial charge in [-0.05, 0) is 48.5 Å². The number of nitrogens with one attached hydrogen (secondary N) is 1. The number of amides is 1. The lowest BCUT2D eigenvalue weighted by molar-refractivity contribution is -0.131. The van der Waals surface area contributed by atoms with Crippen LogP contribution in [0.4, 0.5) is 5.69 Å². The second-order valence-corrected chi connectivity index (χ2v) is 5.47. The zero-order valence-electron chi connectivity index (χ0n) is 14.9. The summed E-state index contributed by atoms with van der Waals surface area (Å²) >= 11 is 0. The van der Waals surface area contributed by atoms with E-state index in [-0.39, 0.29) is 11.3 Å². The molecule has 0 saturated carbocycles. The van der Waals surface area contributed by atoms with Gasteiger partial charge < -0.3 is 19.9 Å². The maximum atomic E-state index is 12.1. The van der Waals surface area contributed by atoms with Crippen LogP contribution in [0.25, 0.3) is 0 Å². The number of hydrogen-bond donors (Lipinski definition) is 2. The molecule has 0 aliphatic carbocycles. The van der Waals surface area contributed by atoms with E-state index in [2.05, 4.69) is 5.32 Å². The number of esters is 1. The first-order chi connectivity index (χ1) is 13.4. The lowest BCUT2D eigenvalue weighted by Gasteiger charge is -2.06. The normalized spacial score (nSPS) is 10.3. The zero-order chi connectivity index (χ0) is 20.5. The number of benzene rings is 2. The molecule has 1 amide bonds. The van der Waals surface area contributed by atoms with Crippen LogP contribution in [0.15, 0.2) is 60.7 Å². The Morgan fingerprint density at radius 3 is 2.11 bits per heavy atom. The molecular formula is C20H17NO7. The molecule has 0 aliphatic heterocycles. The number of hydrogen-bond acceptors (Lipinski definition) is 6. The third-order valence-electron chi connectivity index (χ3n) is 3.51. The topological polar surface area (TPSA) is 119 Å². The number of ketones is 1. The van der Waals surface area contributed by atoms with Gasteiger partial charge in [0.1, 0.15) is 5.75 Å². The molecular weight excluding hydrogens is 366 g/mol. The van der Waals surface area contributed by atoms with Gasteiger partial charge in [0.2, 0.25) is 5.91 Å². The monoisotopic (exact) mass is 383 g/mol. The Labute approximate surface area is 160 Å². The minimum absolute atomic E-state index is 0.196. The summed E-state index contributed by atoms with van der Waals surface area (Å²) in [6, 6.07) is 12.1. The van der Waals surface area contributed by atoms with Crippen molar-refractivity contribution in [1.29, 1.82) is 0 Å². The number of carbonyl (C=O) groups excluding carboxylic acids is 3. The van der Waals surface area contributed by atoms with Crippen molar-refractivity contribution in [2.24, 2.45) is 0 Å². The molecule has 0 unspecified atom stereocenters. The van der Waals surface area contributed by atoms with Gasteiger partial charge in [-0.1, -0.05) is 0 Å². The van der Waals surface area contributed by atoms with Crippen molar-refractivity contribution in [1.82, 2.24) is 0 Å². The number of carbonyl (C=O) groups is 4. The predicted molar refractivity (Wildman–Crippen MR) is 99.5 cm³/mol. The minimum atomic E-state index is -1.24. The molecule has 0 aromatic heterocycles. The highest BCUT2D eigenvalue weighted by Crippen LogP contribution is 2.13. The van der Waals surface area contributed by atoms with E-state index in [1.807, 2.05) is 0 Å². The number of Topliss-reactive ketones (excluding diaryl/α,β-unsaturated/α-hetero) is 1. The molecule has 0 bridgehead atoms. The molecule has 0 atom stereocenters. The van der Waals surface area contributed by atoms with Crippen molar-refractivity contribution in [3.8, 4) is 5.75 Å². The highest BCUT2D eigenvalue weighted by atomic mass is 16.5. The van der Waals surface area contributed by atoms with E-state index >= 15 is 0 Å². The molecule has 0 spiro atoms. The number of anilines is 1. The first-order valence-electron chi connectivity index (χ1n) is 8.05. The van der Waals surface area contributed by atoms with E-state index in [4.69, 9.17) is 14.6 Å². The highest BCUT2D eigenvalue weighted by molar-refractivity contribution is 6.03. The van der Waals surface area contributed by atoms with Crippen LogP contribution in [0.3, 0.4) is 0 Å². The smallest absolute Gasteiger partial charge is 0.338 e. The van der Waals surface area contributed by atoms with Gasteiger partial charge in [0.15, 0.2) is 12.4 Å². The van der Waals surface area contributed by atoms with E-state index in [1.54, 1.807) is 24.3 Å². The Bertz CT molecular complexity index is 899. The van der Waals surface area contributed by atoms with Crippen molar-refractivity contribution < 1.29 is 33.8 Å². The third kappa shape index (κ3) is 6.10. The molecule has 2 aromatic rings. The SMILES string of the molecule is COc1ccc(C(=O)COC(=O)c2ccc(NC(=O)/C=C/C(=O)O)cc2)cc1. The van der Waals surface area contributed by atoms with Crippen LogP contribution in [-0.2, 0) is 14.3 Å². The van der Waals surface area contributed by atoms with Gasteiger partial charge >= 0.3 is 11.9 Å². The summed E-state index contributed by atoms with van der Waals surface area (Å²) in [5.74, 6) is -2.30. The van der Waals surface area contributed by atoms with Gasteiger partial charge in [0, 0.05) is 23.4 Å². The van der Waals surface area contributed by atoms with Crippen LogP contribution in [-0.4, -0.2) is 42.5 Å². The van der Waals surface area contributed by atoms with Crippen molar-refractivity contribution in [2.75, 3.05) is 19.0 Å². The van der Waals surface area contributed by atoms with Gasteiger partial charge in [-0.3, -0.25) is 9.59 Å². The summed E-state index contributed by atoms with van der Waals surface area (Å²) in [5, 5.41) is 10.9. The van der Waals surface area contributed by atoms with Gasteiger partial charge in [-0.15, -0.1) is 0 Å². The average molecular weight is 383 g/mol. The molecule has 144 valence electrons. The van der Waals surface area contributed by atoms with E-state index in [1.165, 1.54) is 31.4 Å². The van der Waals surface area contributed by atoms with Crippen LogP contribution in [0.2, 0.25) is 0 Å². The molecule has 0 aliphatic rings. The number of carboxylic acids is 1. The maximum absolute atomic E-state index is 12.1. The van der Waals surface area contributed by atoms with Crippen LogP contribution >= 0.6 is 0 Å². The largest absolute Gasteiger partial charge is 0.497 e. The Hall–Kier alpha value is -3.94.